The van der Waals surface area contributed by atoms with Crippen LogP contribution in [0, 0.1) is 0 Å². The van der Waals surface area contributed by atoms with E-state index in [9.17, 15) is 0 Å². The first-order valence-corrected chi connectivity index (χ1v) is 20.0. The molecule has 4 nitrogen and oxygen atoms in total. The lowest BCUT2D eigenvalue weighted by molar-refractivity contribution is 0.477. The molecule has 0 fully saturated rings. The summed E-state index contributed by atoms with van der Waals surface area (Å²) in [4.78, 5) is 4.71. The summed E-state index contributed by atoms with van der Waals surface area (Å²) in [6, 6.07) is 71.5. The molecule has 8 aromatic carbocycles. The van der Waals surface area contributed by atoms with E-state index >= 15 is 0 Å². The van der Waals surface area contributed by atoms with Crippen molar-refractivity contribution in [3.8, 4) is 28.3 Å². The summed E-state index contributed by atoms with van der Waals surface area (Å²) >= 11 is 0. The third kappa shape index (κ3) is 5.86. The number of aromatic nitrogens is 1. The average Bonchev–Trinajstić information content (AvgIpc) is 3.63. The predicted molar refractivity (Wildman–Crippen MR) is 241 cm³/mol. The van der Waals surface area contributed by atoms with E-state index in [-0.39, 0.29) is 0 Å². The fourth-order valence-corrected chi connectivity index (χ4v) is 8.73. The van der Waals surface area contributed by atoms with E-state index in [0.717, 1.165) is 52.8 Å². The number of rotatable bonds is 7. The summed E-state index contributed by atoms with van der Waals surface area (Å²) < 4.78 is 8.67. The van der Waals surface area contributed by atoms with Crippen LogP contribution in [0.3, 0.4) is 0 Å². The van der Waals surface area contributed by atoms with Crippen molar-refractivity contribution in [1.82, 2.24) is 4.57 Å². The van der Waals surface area contributed by atoms with Gasteiger partial charge in [0, 0.05) is 39.2 Å². The van der Waals surface area contributed by atoms with E-state index in [1.54, 1.807) is 0 Å². The zero-order valence-electron chi connectivity index (χ0n) is 31.9. The van der Waals surface area contributed by atoms with Crippen molar-refractivity contribution in [1.29, 1.82) is 0 Å². The third-order valence-electron chi connectivity index (χ3n) is 11.5. The highest BCUT2D eigenvalue weighted by Gasteiger charge is 2.26. The molecule has 0 unspecified atom stereocenters. The number of nitrogens with zero attached hydrogens (tertiary/aromatic N) is 3. The Labute approximate surface area is 338 Å². The smallest absolute Gasteiger partial charge is 0.151 e. The SMILES string of the molecule is C1=C(c2ccccc2)CCC(N(c2ccc(-c3ccc4c(c3)c3ccccc3n4-c3ccccc3)cc2)c2ccc(N3c4ccccc4Oc4ccccc43)cc2)=C1. The molecule has 0 saturated carbocycles. The number of hydrogen-bond donors (Lipinski definition) is 0. The lowest BCUT2D eigenvalue weighted by Crippen LogP contribution is -2.18. The maximum absolute atomic E-state index is 6.31. The van der Waals surface area contributed by atoms with Gasteiger partial charge in [-0.15, -0.1) is 0 Å². The molecular formula is C54H39N3O. The molecule has 0 saturated heterocycles. The first-order valence-electron chi connectivity index (χ1n) is 20.0. The van der Waals surface area contributed by atoms with Crippen LogP contribution in [0.5, 0.6) is 11.5 Å². The molecule has 9 aromatic rings. The summed E-state index contributed by atoms with van der Waals surface area (Å²) in [5.41, 5.74) is 15.3. The van der Waals surface area contributed by atoms with Gasteiger partial charge in [-0.25, -0.2) is 0 Å². The Bertz CT molecular complexity index is 2970. The van der Waals surface area contributed by atoms with E-state index in [4.69, 9.17) is 4.74 Å². The van der Waals surface area contributed by atoms with Gasteiger partial charge in [0.15, 0.2) is 11.5 Å². The zero-order valence-corrected chi connectivity index (χ0v) is 31.9. The number of ether oxygens (including phenoxy) is 1. The minimum absolute atomic E-state index is 0.849. The van der Waals surface area contributed by atoms with Crippen LogP contribution in [0.1, 0.15) is 18.4 Å². The van der Waals surface area contributed by atoms with E-state index < -0.39 is 0 Å². The molecule has 0 bridgehead atoms. The topological polar surface area (TPSA) is 20.6 Å². The second-order valence-corrected chi connectivity index (χ2v) is 14.9. The van der Waals surface area contributed by atoms with E-state index in [1.165, 1.54) is 55.5 Å². The summed E-state index contributed by atoms with van der Waals surface area (Å²) in [7, 11) is 0. The molecule has 1 aliphatic carbocycles. The highest BCUT2D eigenvalue weighted by molar-refractivity contribution is 6.10. The van der Waals surface area contributed by atoms with E-state index in [1.807, 2.05) is 24.3 Å². The molecule has 2 heterocycles. The number of fused-ring (bicyclic) bond motifs is 5. The molecule has 58 heavy (non-hydrogen) atoms. The van der Waals surface area contributed by atoms with Crippen molar-refractivity contribution in [3.05, 3.63) is 224 Å². The molecular weight excluding hydrogens is 707 g/mol. The summed E-state index contributed by atoms with van der Waals surface area (Å²) in [5.74, 6) is 1.70. The van der Waals surface area contributed by atoms with Crippen LogP contribution in [-0.4, -0.2) is 4.57 Å². The van der Waals surface area contributed by atoms with Gasteiger partial charge >= 0.3 is 0 Å². The van der Waals surface area contributed by atoms with Crippen LogP contribution in [0.2, 0.25) is 0 Å². The van der Waals surface area contributed by atoms with Gasteiger partial charge in [0.25, 0.3) is 0 Å². The summed E-state index contributed by atoms with van der Waals surface area (Å²) in [6.45, 7) is 0. The molecule has 0 radical (unpaired) electrons. The summed E-state index contributed by atoms with van der Waals surface area (Å²) in [6.07, 6.45) is 6.50. The molecule has 11 rings (SSSR count). The van der Waals surface area contributed by atoms with Crippen LogP contribution in [0.25, 0.3) is 44.2 Å². The largest absolute Gasteiger partial charge is 0.453 e. The Kier molecular flexibility index (Phi) is 8.25. The molecule has 1 aliphatic heterocycles. The Morgan fingerprint density at radius 1 is 0.414 bits per heavy atom. The quantitative estimate of drug-likeness (QED) is 0.162. The number of benzene rings is 8. The van der Waals surface area contributed by atoms with Crippen LogP contribution < -0.4 is 14.5 Å². The Balaban J connectivity index is 0.977. The molecule has 276 valence electrons. The first kappa shape index (κ1) is 33.8. The lowest BCUT2D eigenvalue weighted by Gasteiger charge is -2.33. The molecule has 0 spiro atoms. The van der Waals surface area contributed by atoms with Gasteiger partial charge in [0.05, 0.1) is 22.4 Å². The van der Waals surface area contributed by atoms with Gasteiger partial charge in [0.1, 0.15) is 0 Å². The minimum Gasteiger partial charge on any atom is -0.453 e. The fraction of sp³-hybridized carbons (Fsp3) is 0.0370. The first-order chi connectivity index (χ1) is 28.8. The monoisotopic (exact) mass is 745 g/mol. The molecule has 1 aromatic heterocycles. The predicted octanol–water partition coefficient (Wildman–Crippen LogP) is 14.9. The lowest BCUT2D eigenvalue weighted by atomic mass is 9.95. The normalized spacial score (nSPS) is 13.3. The van der Waals surface area contributed by atoms with E-state index in [2.05, 4.69) is 202 Å². The van der Waals surface area contributed by atoms with Crippen LogP contribution in [0.15, 0.2) is 218 Å². The van der Waals surface area contributed by atoms with Crippen molar-refractivity contribution in [2.45, 2.75) is 12.8 Å². The molecule has 2 aliphatic rings. The van der Waals surface area contributed by atoms with Crippen molar-refractivity contribution in [2.24, 2.45) is 0 Å². The van der Waals surface area contributed by atoms with Crippen molar-refractivity contribution < 1.29 is 4.74 Å². The van der Waals surface area contributed by atoms with Crippen LogP contribution >= 0.6 is 0 Å². The second-order valence-electron chi connectivity index (χ2n) is 14.9. The van der Waals surface area contributed by atoms with Crippen LogP contribution in [0.4, 0.5) is 28.4 Å². The highest BCUT2D eigenvalue weighted by atomic mass is 16.5. The Hall–Kier alpha value is -7.56. The van der Waals surface area contributed by atoms with Crippen molar-refractivity contribution in [2.75, 3.05) is 9.80 Å². The highest BCUT2D eigenvalue weighted by Crippen LogP contribution is 2.50. The third-order valence-corrected chi connectivity index (χ3v) is 11.5. The number of allylic oxidation sites excluding steroid dienone is 4. The fourth-order valence-electron chi connectivity index (χ4n) is 8.73. The maximum atomic E-state index is 6.31. The van der Waals surface area contributed by atoms with Crippen LogP contribution in [-0.2, 0) is 0 Å². The average molecular weight is 746 g/mol. The maximum Gasteiger partial charge on any atom is 0.151 e. The molecule has 4 heteroatoms. The second kappa shape index (κ2) is 14.2. The number of hydrogen-bond acceptors (Lipinski definition) is 3. The molecule has 0 N–H and O–H groups in total. The number of anilines is 5. The Morgan fingerprint density at radius 3 is 1.69 bits per heavy atom. The molecule has 0 atom stereocenters. The summed E-state index contributed by atoms with van der Waals surface area (Å²) in [5, 5.41) is 2.51. The van der Waals surface area contributed by atoms with Gasteiger partial charge < -0.3 is 19.1 Å². The van der Waals surface area contributed by atoms with Gasteiger partial charge in [-0.05, 0) is 132 Å². The van der Waals surface area contributed by atoms with E-state index in [0.29, 0.717) is 0 Å². The van der Waals surface area contributed by atoms with Gasteiger partial charge in [0.2, 0.25) is 0 Å². The molecule has 0 amide bonds. The Morgan fingerprint density at radius 2 is 1.00 bits per heavy atom. The number of para-hydroxylation sites is 6. The standard InChI is InChI=1S/C54H39N3O/c1-3-13-38(14-4-1)39-23-28-43(29-24-39)55(45-32-34-46(35-33-45)57-51-19-9-11-21-53(51)58-54-22-12-10-20-52(54)57)44-30-25-40(26-31-44)41-27-36-50-48(37-41)47-17-7-8-18-49(47)56(50)42-15-5-2-6-16-42/h1-23,25-28,30-37H,24,29H2. The van der Waals surface area contributed by atoms with Gasteiger partial charge in [-0.2, -0.15) is 0 Å². The van der Waals surface area contributed by atoms with Crippen molar-refractivity contribution >= 4 is 55.8 Å². The minimum atomic E-state index is 0.849. The van der Waals surface area contributed by atoms with Gasteiger partial charge in [-0.3, -0.25) is 0 Å². The van der Waals surface area contributed by atoms with Crippen molar-refractivity contribution in [3.63, 3.8) is 0 Å². The zero-order chi connectivity index (χ0) is 38.4. The van der Waals surface area contributed by atoms with Gasteiger partial charge in [-0.1, -0.05) is 115 Å².